The van der Waals surface area contributed by atoms with E-state index in [1.54, 1.807) is 0 Å². The average molecular weight is 237 g/mol. The Balaban J connectivity index is 2.48. The Labute approximate surface area is 101 Å². The molecule has 0 aliphatic rings. The highest BCUT2D eigenvalue weighted by Crippen LogP contribution is 2.10. The van der Waals surface area contributed by atoms with Gasteiger partial charge in [0.15, 0.2) is 5.69 Å². The summed E-state index contributed by atoms with van der Waals surface area (Å²) in [6.07, 6.45) is 4.92. The molecule has 0 aliphatic heterocycles. The molecule has 2 N–H and O–H groups in total. The van der Waals surface area contributed by atoms with E-state index in [9.17, 15) is 4.79 Å². The van der Waals surface area contributed by atoms with Gasteiger partial charge in [-0.05, 0) is 25.7 Å². The average Bonchev–Trinajstić information content (AvgIpc) is 2.27. The minimum atomic E-state index is -1.06. The molecule has 0 amide bonds. The van der Waals surface area contributed by atoms with Crippen LogP contribution in [0.15, 0.2) is 12.4 Å². The first-order chi connectivity index (χ1) is 7.99. The molecule has 0 radical (unpaired) electrons. The quantitative estimate of drug-likeness (QED) is 0.794. The van der Waals surface area contributed by atoms with Crippen molar-refractivity contribution in [3.05, 3.63) is 18.1 Å². The first-order valence-corrected chi connectivity index (χ1v) is 5.81. The Morgan fingerprint density at radius 3 is 2.47 bits per heavy atom. The maximum absolute atomic E-state index is 10.6. The van der Waals surface area contributed by atoms with Crippen LogP contribution in [0.2, 0.25) is 0 Å². The zero-order valence-electron chi connectivity index (χ0n) is 10.5. The van der Waals surface area contributed by atoms with Crippen LogP contribution in [0.25, 0.3) is 0 Å². The van der Waals surface area contributed by atoms with Gasteiger partial charge < -0.3 is 10.4 Å². The molecule has 5 nitrogen and oxygen atoms in total. The summed E-state index contributed by atoms with van der Waals surface area (Å²) in [6.45, 7) is 6.46. The molecule has 1 rings (SSSR count). The third-order valence-corrected chi connectivity index (χ3v) is 2.44. The first kappa shape index (κ1) is 13.4. The third kappa shape index (κ3) is 4.80. The second kappa shape index (κ2) is 6.18. The SMILES string of the molecule is CC(C)CCC(C)Nc1cnc(C(=O)O)cn1. The number of hydrogen-bond donors (Lipinski definition) is 2. The third-order valence-electron chi connectivity index (χ3n) is 2.44. The van der Waals surface area contributed by atoms with Gasteiger partial charge in [-0.1, -0.05) is 13.8 Å². The molecule has 1 heterocycles. The normalized spacial score (nSPS) is 12.5. The van der Waals surface area contributed by atoms with Crippen molar-refractivity contribution in [1.29, 1.82) is 0 Å². The van der Waals surface area contributed by atoms with Crippen LogP contribution in [0, 0.1) is 5.92 Å². The number of aromatic carboxylic acids is 1. The van der Waals surface area contributed by atoms with Crippen molar-refractivity contribution in [3.8, 4) is 0 Å². The monoisotopic (exact) mass is 237 g/mol. The van der Waals surface area contributed by atoms with Gasteiger partial charge in [-0.25, -0.2) is 14.8 Å². The highest BCUT2D eigenvalue weighted by molar-refractivity contribution is 5.84. The van der Waals surface area contributed by atoms with Crippen LogP contribution >= 0.6 is 0 Å². The molecule has 1 atom stereocenters. The summed E-state index contributed by atoms with van der Waals surface area (Å²) in [5, 5.41) is 11.9. The van der Waals surface area contributed by atoms with Gasteiger partial charge >= 0.3 is 5.97 Å². The Morgan fingerprint density at radius 2 is 2.00 bits per heavy atom. The molecule has 17 heavy (non-hydrogen) atoms. The molecule has 5 heteroatoms. The molecule has 1 aromatic rings. The minimum absolute atomic E-state index is 0.0367. The standard InChI is InChI=1S/C12H19N3O2/c1-8(2)4-5-9(3)15-11-7-13-10(6-14-11)12(16)17/h6-9H,4-5H2,1-3H3,(H,14,15)(H,16,17). The van der Waals surface area contributed by atoms with E-state index in [4.69, 9.17) is 5.11 Å². The first-order valence-electron chi connectivity index (χ1n) is 5.81. The summed E-state index contributed by atoms with van der Waals surface area (Å²) in [6, 6.07) is 0.308. The van der Waals surface area contributed by atoms with Crippen molar-refractivity contribution >= 4 is 11.8 Å². The zero-order valence-corrected chi connectivity index (χ0v) is 10.5. The highest BCUT2D eigenvalue weighted by Gasteiger charge is 2.07. The van der Waals surface area contributed by atoms with Gasteiger partial charge in [-0.3, -0.25) is 0 Å². The van der Waals surface area contributed by atoms with Gasteiger partial charge in [-0.15, -0.1) is 0 Å². The smallest absolute Gasteiger partial charge is 0.356 e. The number of hydrogen-bond acceptors (Lipinski definition) is 4. The van der Waals surface area contributed by atoms with E-state index in [1.165, 1.54) is 12.4 Å². The zero-order chi connectivity index (χ0) is 12.8. The second-order valence-electron chi connectivity index (χ2n) is 4.61. The van der Waals surface area contributed by atoms with E-state index >= 15 is 0 Å². The van der Waals surface area contributed by atoms with Crippen molar-refractivity contribution in [3.63, 3.8) is 0 Å². The van der Waals surface area contributed by atoms with Gasteiger partial charge in [0.05, 0.1) is 12.4 Å². The molecule has 0 aliphatic carbocycles. The van der Waals surface area contributed by atoms with Gasteiger partial charge in [-0.2, -0.15) is 0 Å². The number of carboxylic acid groups (broad SMARTS) is 1. The summed E-state index contributed by atoms with van der Waals surface area (Å²) in [5.41, 5.74) is -0.0367. The van der Waals surface area contributed by atoms with Crippen molar-refractivity contribution in [2.45, 2.75) is 39.7 Å². The number of anilines is 1. The molecule has 1 aromatic heterocycles. The topological polar surface area (TPSA) is 75.1 Å². The van der Waals surface area contributed by atoms with Crippen LogP contribution in [0.5, 0.6) is 0 Å². The number of nitrogens with one attached hydrogen (secondary N) is 1. The molecule has 0 saturated carbocycles. The number of carbonyl (C=O) groups is 1. The van der Waals surface area contributed by atoms with Gasteiger partial charge in [0, 0.05) is 6.04 Å². The van der Waals surface area contributed by atoms with Crippen LogP contribution in [-0.4, -0.2) is 27.1 Å². The highest BCUT2D eigenvalue weighted by atomic mass is 16.4. The van der Waals surface area contributed by atoms with Crippen molar-refractivity contribution in [2.75, 3.05) is 5.32 Å². The van der Waals surface area contributed by atoms with Crippen LogP contribution < -0.4 is 5.32 Å². The lowest BCUT2D eigenvalue weighted by Gasteiger charge is -2.15. The van der Waals surface area contributed by atoms with E-state index in [0.29, 0.717) is 17.8 Å². The summed E-state index contributed by atoms with van der Waals surface area (Å²) in [5.74, 6) is 0.239. The van der Waals surface area contributed by atoms with Gasteiger partial charge in [0.1, 0.15) is 5.82 Å². The van der Waals surface area contributed by atoms with Crippen LogP contribution in [-0.2, 0) is 0 Å². The number of carboxylic acids is 1. The molecule has 0 aromatic carbocycles. The Bertz CT molecular complexity index is 363. The fraction of sp³-hybridized carbons (Fsp3) is 0.583. The number of nitrogens with zero attached hydrogens (tertiary/aromatic N) is 2. The molecule has 0 bridgehead atoms. The Hall–Kier alpha value is -1.65. The fourth-order valence-corrected chi connectivity index (χ4v) is 1.42. The summed E-state index contributed by atoms with van der Waals surface area (Å²) in [7, 11) is 0. The lowest BCUT2D eigenvalue weighted by atomic mass is 10.0. The van der Waals surface area contributed by atoms with Crippen LogP contribution in [0.3, 0.4) is 0 Å². The van der Waals surface area contributed by atoms with E-state index in [-0.39, 0.29) is 5.69 Å². The maximum atomic E-state index is 10.6. The predicted octanol–water partition coefficient (Wildman–Crippen LogP) is 2.41. The maximum Gasteiger partial charge on any atom is 0.356 e. The molecular weight excluding hydrogens is 218 g/mol. The molecule has 0 fully saturated rings. The molecule has 0 saturated heterocycles. The van der Waals surface area contributed by atoms with Crippen molar-refractivity contribution in [2.24, 2.45) is 5.92 Å². The summed E-state index contributed by atoms with van der Waals surface area (Å²) < 4.78 is 0. The summed E-state index contributed by atoms with van der Waals surface area (Å²) >= 11 is 0. The molecular formula is C12H19N3O2. The minimum Gasteiger partial charge on any atom is -0.476 e. The molecule has 1 unspecified atom stereocenters. The fourth-order valence-electron chi connectivity index (χ4n) is 1.42. The Morgan fingerprint density at radius 1 is 1.29 bits per heavy atom. The van der Waals surface area contributed by atoms with Gasteiger partial charge in [0.2, 0.25) is 0 Å². The van der Waals surface area contributed by atoms with Crippen molar-refractivity contribution in [1.82, 2.24) is 9.97 Å². The Kier molecular flexibility index (Phi) is 4.87. The largest absolute Gasteiger partial charge is 0.476 e. The lowest BCUT2D eigenvalue weighted by molar-refractivity contribution is 0.0690. The summed E-state index contributed by atoms with van der Waals surface area (Å²) in [4.78, 5) is 18.4. The predicted molar refractivity (Wildman–Crippen MR) is 66.1 cm³/mol. The van der Waals surface area contributed by atoms with Crippen LogP contribution in [0.4, 0.5) is 5.82 Å². The van der Waals surface area contributed by atoms with E-state index < -0.39 is 5.97 Å². The number of aromatic nitrogens is 2. The van der Waals surface area contributed by atoms with E-state index in [0.717, 1.165) is 12.8 Å². The van der Waals surface area contributed by atoms with E-state index in [2.05, 4.69) is 36.1 Å². The molecule has 94 valence electrons. The van der Waals surface area contributed by atoms with Crippen molar-refractivity contribution < 1.29 is 9.90 Å². The van der Waals surface area contributed by atoms with Gasteiger partial charge in [0.25, 0.3) is 0 Å². The lowest BCUT2D eigenvalue weighted by Crippen LogP contribution is -2.17. The second-order valence-corrected chi connectivity index (χ2v) is 4.61. The van der Waals surface area contributed by atoms with E-state index in [1.807, 2.05) is 0 Å². The molecule has 0 spiro atoms. The number of rotatable bonds is 6. The van der Waals surface area contributed by atoms with Crippen LogP contribution in [0.1, 0.15) is 44.1 Å².